The molecule has 22 heavy (non-hydrogen) atoms. The molecule has 0 unspecified atom stereocenters. The molecule has 3 N–H and O–H groups in total. The second-order valence-corrected chi connectivity index (χ2v) is 5.43. The average Bonchev–Trinajstić information content (AvgIpc) is 3.06. The van der Waals surface area contributed by atoms with Gasteiger partial charge in [0.15, 0.2) is 0 Å². The molecule has 2 aromatic heterocycles. The molecule has 0 spiro atoms. The van der Waals surface area contributed by atoms with Crippen molar-refractivity contribution in [3.63, 3.8) is 0 Å². The Balaban J connectivity index is 1.52. The Labute approximate surface area is 129 Å². The molecular formula is C16H20N4O2. The summed E-state index contributed by atoms with van der Waals surface area (Å²) in [5, 5.41) is 3.06. The average molecular weight is 300 g/mol. The van der Waals surface area contributed by atoms with E-state index in [0.29, 0.717) is 17.9 Å². The molecule has 6 nitrogen and oxygen atoms in total. The lowest BCUT2D eigenvalue weighted by molar-refractivity contribution is 0.0930. The van der Waals surface area contributed by atoms with Crippen LogP contribution in [0, 0.1) is 0 Å². The fraction of sp³-hybridized carbons (Fsp3) is 0.375. The Bertz CT molecular complexity index is 618. The molecule has 0 aliphatic carbocycles. The third kappa shape index (κ3) is 3.28. The van der Waals surface area contributed by atoms with Gasteiger partial charge in [-0.05, 0) is 31.0 Å². The predicted molar refractivity (Wildman–Crippen MR) is 83.5 cm³/mol. The number of nitrogens with zero attached hydrogens (tertiary/aromatic N) is 2. The van der Waals surface area contributed by atoms with Crippen LogP contribution < -0.4 is 16.0 Å². The Hall–Kier alpha value is -2.34. The van der Waals surface area contributed by atoms with E-state index < -0.39 is 0 Å². The Kier molecular flexibility index (Phi) is 4.39. The minimum atomic E-state index is -0.0975. The van der Waals surface area contributed by atoms with Gasteiger partial charge in [-0.3, -0.25) is 4.79 Å². The highest BCUT2D eigenvalue weighted by atomic mass is 16.3. The molecule has 0 bridgehead atoms. The largest absolute Gasteiger partial charge is 0.467 e. The first-order valence-electron chi connectivity index (χ1n) is 7.50. The SMILES string of the molecule is NCc1cc(C(=O)NC2CCN(c3ccccn3)CC2)co1. The number of pyridine rings is 1. The second kappa shape index (κ2) is 6.62. The van der Waals surface area contributed by atoms with Crippen molar-refractivity contribution in [3.05, 3.63) is 48.0 Å². The molecule has 1 aliphatic heterocycles. The molecule has 1 amide bonds. The van der Waals surface area contributed by atoms with E-state index in [0.717, 1.165) is 31.7 Å². The van der Waals surface area contributed by atoms with Gasteiger partial charge in [-0.1, -0.05) is 6.07 Å². The topological polar surface area (TPSA) is 84.4 Å². The van der Waals surface area contributed by atoms with Gasteiger partial charge in [0.1, 0.15) is 17.8 Å². The van der Waals surface area contributed by atoms with Crippen LogP contribution in [0.4, 0.5) is 5.82 Å². The zero-order valence-corrected chi connectivity index (χ0v) is 12.4. The lowest BCUT2D eigenvalue weighted by atomic mass is 10.0. The van der Waals surface area contributed by atoms with E-state index in [1.807, 2.05) is 18.2 Å². The summed E-state index contributed by atoms with van der Waals surface area (Å²) in [7, 11) is 0. The molecule has 1 fully saturated rings. The summed E-state index contributed by atoms with van der Waals surface area (Å²) in [6.45, 7) is 2.08. The Morgan fingerprint density at radius 2 is 2.23 bits per heavy atom. The van der Waals surface area contributed by atoms with Crippen LogP contribution >= 0.6 is 0 Å². The molecule has 0 saturated carbocycles. The minimum absolute atomic E-state index is 0.0975. The first kappa shape index (κ1) is 14.6. The minimum Gasteiger partial charge on any atom is -0.467 e. The highest BCUT2D eigenvalue weighted by Gasteiger charge is 2.22. The normalized spacial score (nSPS) is 15.8. The van der Waals surface area contributed by atoms with Crippen molar-refractivity contribution in [1.82, 2.24) is 10.3 Å². The summed E-state index contributed by atoms with van der Waals surface area (Å²) < 4.78 is 5.20. The third-order valence-electron chi connectivity index (χ3n) is 3.92. The number of amides is 1. The first-order valence-corrected chi connectivity index (χ1v) is 7.50. The number of piperidine rings is 1. The Morgan fingerprint density at radius 1 is 1.41 bits per heavy atom. The first-order chi connectivity index (χ1) is 10.8. The predicted octanol–water partition coefficient (Wildman–Crippen LogP) is 1.53. The van der Waals surface area contributed by atoms with E-state index >= 15 is 0 Å². The van der Waals surface area contributed by atoms with Crippen LogP contribution in [0.3, 0.4) is 0 Å². The fourth-order valence-corrected chi connectivity index (χ4v) is 2.67. The number of carbonyl (C=O) groups excluding carboxylic acids is 1. The van der Waals surface area contributed by atoms with Gasteiger partial charge >= 0.3 is 0 Å². The van der Waals surface area contributed by atoms with E-state index in [9.17, 15) is 4.79 Å². The summed E-state index contributed by atoms with van der Waals surface area (Å²) in [5.41, 5.74) is 6.02. The quantitative estimate of drug-likeness (QED) is 0.894. The van der Waals surface area contributed by atoms with E-state index in [4.69, 9.17) is 10.2 Å². The molecule has 3 heterocycles. The van der Waals surface area contributed by atoms with Gasteiger partial charge in [0.2, 0.25) is 0 Å². The van der Waals surface area contributed by atoms with Gasteiger partial charge in [0, 0.05) is 25.3 Å². The van der Waals surface area contributed by atoms with Gasteiger partial charge in [-0.25, -0.2) is 4.98 Å². The highest BCUT2D eigenvalue weighted by molar-refractivity contribution is 5.94. The number of nitrogens with two attached hydrogens (primary N) is 1. The molecule has 1 saturated heterocycles. The summed E-state index contributed by atoms with van der Waals surface area (Å²) in [6.07, 6.45) is 5.07. The van der Waals surface area contributed by atoms with E-state index in [-0.39, 0.29) is 11.9 Å². The van der Waals surface area contributed by atoms with Crippen LogP contribution in [-0.2, 0) is 6.54 Å². The molecule has 3 rings (SSSR count). The number of rotatable bonds is 4. The maximum Gasteiger partial charge on any atom is 0.254 e. The van der Waals surface area contributed by atoms with Crippen LogP contribution in [-0.4, -0.2) is 30.0 Å². The van der Waals surface area contributed by atoms with Crippen molar-refractivity contribution < 1.29 is 9.21 Å². The maximum absolute atomic E-state index is 12.2. The standard InChI is InChI=1S/C16H20N4O2/c17-10-14-9-12(11-22-14)16(21)19-13-4-7-20(8-5-13)15-3-1-2-6-18-15/h1-3,6,9,11,13H,4-5,7-8,10,17H2,(H,19,21). The van der Waals surface area contributed by atoms with Crippen LogP contribution in [0.1, 0.15) is 29.0 Å². The van der Waals surface area contributed by atoms with Gasteiger partial charge in [-0.15, -0.1) is 0 Å². The zero-order valence-electron chi connectivity index (χ0n) is 12.4. The molecule has 2 aromatic rings. The third-order valence-corrected chi connectivity index (χ3v) is 3.92. The number of nitrogens with one attached hydrogen (secondary N) is 1. The smallest absolute Gasteiger partial charge is 0.254 e. The number of hydrogen-bond acceptors (Lipinski definition) is 5. The van der Waals surface area contributed by atoms with Crippen molar-refractivity contribution in [2.24, 2.45) is 5.73 Å². The van der Waals surface area contributed by atoms with Gasteiger partial charge in [-0.2, -0.15) is 0 Å². The second-order valence-electron chi connectivity index (χ2n) is 5.43. The van der Waals surface area contributed by atoms with Crippen LogP contribution in [0.2, 0.25) is 0 Å². The van der Waals surface area contributed by atoms with E-state index in [1.165, 1.54) is 6.26 Å². The maximum atomic E-state index is 12.2. The van der Waals surface area contributed by atoms with E-state index in [1.54, 1.807) is 12.3 Å². The summed E-state index contributed by atoms with van der Waals surface area (Å²) >= 11 is 0. The number of anilines is 1. The fourth-order valence-electron chi connectivity index (χ4n) is 2.67. The monoisotopic (exact) mass is 300 g/mol. The van der Waals surface area contributed by atoms with Crippen LogP contribution in [0.25, 0.3) is 0 Å². The van der Waals surface area contributed by atoms with Crippen molar-refractivity contribution in [2.75, 3.05) is 18.0 Å². The Morgan fingerprint density at radius 3 is 2.86 bits per heavy atom. The van der Waals surface area contributed by atoms with Gasteiger partial charge in [0.05, 0.1) is 12.1 Å². The number of carbonyl (C=O) groups is 1. The van der Waals surface area contributed by atoms with Crippen LogP contribution in [0.5, 0.6) is 0 Å². The van der Waals surface area contributed by atoms with Crippen molar-refractivity contribution in [2.45, 2.75) is 25.4 Å². The molecule has 0 atom stereocenters. The van der Waals surface area contributed by atoms with Crippen molar-refractivity contribution in [3.8, 4) is 0 Å². The zero-order chi connectivity index (χ0) is 15.4. The molecule has 0 radical (unpaired) electrons. The lowest BCUT2D eigenvalue weighted by Gasteiger charge is -2.33. The number of furan rings is 1. The number of hydrogen-bond donors (Lipinski definition) is 2. The van der Waals surface area contributed by atoms with Crippen molar-refractivity contribution >= 4 is 11.7 Å². The summed E-state index contributed by atoms with van der Waals surface area (Å²) in [5.74, 6) is 1.52. The van der Waals surface area contributed by atoms with Gasteiger partial charge in [0.25, 0.3) is 5.91 Å². The lowest BCUT2D eigenvalue weighted by Crippen LogP contribution is -2.44. The summed E-state index contributed by atoms with van der Waals surface area (Å²) in [4.78, 5) is 18.8. The van der Waals surface area contributed by atoms with Gasteiger partial charge < -0.3 is 20.4 Å². The van der Waals surface area contributed by atoms with E-state index in [2.05, 4.69) is 15.2 Å². The molecule has 116 valence electrons. The highest BCUT2D eigenvalue weighted by Crippen LogP contribution is 2.17. The molecule has 0 aromatic carbocycles. The molecule has 6 heteroatoms. The summed E-state index contributed by atoms with van der Waals surface area (Å²) in [6, 6.07) is 7.79. The van der Waals surface area contributed by atoms with Crippen LogP contribution in [0.15, 0.2) is 41.1 Å². The van der Waals surface area contributed by atoms with Crippen molar-refractivity contribution in [1.29, 1.82) is 0 Å². The molecule has 1 aliphatic rings. The molecular weight excluding hydrogens is 280 g/mol. The number of aromatic nitrogens is 1.